The third kappa shape index (κ3) is 3.35. The van der Waals surface area contributed by atoms with E-state index in [0.29, 0.717) is 0 Å². The summed E-state index contributed by atoms with van der Waals surface area (Å²) in [6.07, 6.45) is 0. The van der Waals surface area contributed by atoms with Gasteiger partial charge in [-0.15, -0.1) is 11.3 Å². The second kappa shape index (κ2) is 5.71. The van der Waals surface area contributed by atoms with Crippen LogP contribution >= 0.6 is 61.5 Å². The van der Waals surface area contributed by atoms with Crippen molar-refractivity contribution in [2.45, 2.75) is 6.54 Å². The number of hydrogen-bond acceptors (Lipinski definition) is 2. The van der Waals surface area contributed by atoms with E-state index in [0.717, 1.165) is 24.6 Å². The van der Waals surface area contributed by atoms with Gasteiger partial charge in [0.2, 0.25) is 0 Å². The molecule has 1 aromatic heterocycles. The fourth-order valence-electron chi connectivity index (χ4n) is 1.26. The molecule has 1 nitrogen and oxygen atoms in total. The van der Waals surface area contributed by atoms with Gasteiger partial charge in [-0.25, -0.2) is 0 Å². The molecule has 84 valence electrons. The van der Waals surface area contributed by atoms with Gasteiger partial charge in [0, 0.05) is 25.7 Å². The van der Waals surface area contributed by atoms with Crippen molar-refractivity contribution in [1.29, 1.82) is 0 Å². The molecular formula is C11H8BrClINS. The summed E-state index contributed by atoms with van der Waals surface area (Å²) >= 11 is 13.4. The molecule has 0 bridgehead atoms. The summed E-state index contributed by atoms with van der Waals surface area (Å²) in [5.74, 6) is 0. The van der Waals surface area contributed by atoms with E-state index in [-0.39, 0.29) is 0 Å². The Balaban J connectivity index is 2.04. The quantitative estimate of drug-likeness (QED) is 0.647. The van der Waals surface area contributed by atoms with E-state index in [2.05, 4.69) is 56.0 Å². The van der Waals surface area contributed by atoms with Gasteiger partial charge in [0.25, 0.3) is 0 Å². The van der Waals surface area contributed by atoms with E-state index in [9.17, 15) is 0 Å². The van der Waals surface area contributed by atoms with Crippen LogP contribution in [0.25, 0.3) is 0 Å². The highest BCUT2D eigenvalue weighted by atomic mass is 127. The van der Waals surface area contributed by atoms with Gasteiger partial charge >= 0.3 is 0 Å². The van der Waals surface area contributed by atoms with E-state index in [1.807, 2.05) is 18.2 Å². The molecule has 0 saturated carbocycles. The predicted octanol–water partition coefficient (Wildman–Crippen LogP) is 5.38. The monoisotopic (exact) mass is 427 g/mol. The molecule has 1 N–H and O–H groups in total. The number of nitrogens with one attached hydrogen (secondary N) is 1. The van der Waals surface area contributed by atoms with Crippen molar-refractivity contribution in [2.24, 2.45) is 0 Å². The molecule has 5 heteroatoms. The summed E-state index contributed by atoms with van der Waals surface area (Å²) in [6.45, 7) is 0.841. The van der Waals surface area contributed by atoms with Crippen molar-refractivity contribution >= 4 is 67.1 Å². The third-order valence-electron chi connectivity index (χ3n) is 2.01. The van der Waals surface area contributed by atoms with Gasteiger partial charge in [-0.05, 0) is 68.9 Å². The van der Waals surface area contributed by atoms with Crippen LogP contribution in [0.1, 0.15) is 4.88 Å². The molecule has 0 aliphatic rings. The number of halogens is 3. The number of rotatable bonds is 3. The molecule has 0 aliphatic heterocycles. The molecule has 16 heavy (non-hydrogen) atoms. The zero-order chi connectivity index (χ0) is 11.5. The zero-order valence-electron chi connectivity index (χ0n) is 8.14. The first kappa shape index (κ1) is 12.7. The van der Waals surface area contributed by atoms with Crippen LogP contribution in [0.5, 0.6) is 0 Å². The van der Waals surface area contributed by atoms with Crippen LogP contribution in [-0.2, 0) is 6.54 Å². The van der Waals surface area contributed by atoms with Crippen LogP contribution < -0.4 is 5.32 Å². The van der Waals surface area contributed by atoms with Crippen LogP contribution in [0.4, 0.5) is 5.69 Å². The lowest BCUT2D eigenvalue weighted by atomic mass is 10.3. The largest absolute Gasteiger partial charge is 0.379 e. The molecule has 0 atom stereocenters. The smallest absolute Gasteiger partial charge is 0.0702 e. The van der Waals surface area contributed by atoms with Crippen LogP contribution in [-0.4, -0.2) is 0 Å². The third-order valence-corrected chi connectivity index (χ3v) is 4.76. The molecule has 0 aliphatic carbocycles. The number of hydrogen-bond donors (Lipinski definition) is 1. The first-order valence-corrected chi connectivity index (χ1v) is 7.65. The fraction of sp³-hybridized carbons (Fsp3) is 0.0909. The van der Waals surface area contributed by atoms with E-state index in [1.54, 1.807) is 11.3 Å². The number of anilines is 1. The minimum atomic E-state index is 0.772. The molecule has 0 amide bonds. The Morgan fingerprint density at radius 1 is 1.31 bits per heavy atom. The van der Waals surface area contributed by atoms with Crippen molar-refractivity contribution in [2.75, 3.05) is 5.32 Å². The summed E-state index contributed by atoms with van der Waals surface area (Å²) in [7, 11) is 0. The van der Waals surface area contributed by atoms with Gasteiger partial charge in [0.1, 0.15) is 0 Å². The first-order valence-electron chi connectivity index (χ1n) is 4.58. The lowest BCUT2D eigenvalue weighted by Gasteiger charge is -2.07. The molecular weight excluding hydrogens is 420 g/mol. The topological polar surface area (TPSA) is 12.0 Å². The molecule has 0 spiro atoms. The summed E-state index contributed by atoms with van der Waals surface area (Å²) < 4.78 is 2.30. The van der Waals surface area contributed by atoms with Crippen LogP contribution in [0.3, 0.4) is 0 Å². The SMILES string of the molecule is Clc1ccc(NCc2ccc(Br)s2)c(I)c1. The minimum absolute atomic E-state index is 0.772. The summed E-state index contributed by atoms with van der Waals surface area (Å²) in [4.78, 5) is 1.30. The Labute approximate surface area is 125 Å². The van der Waals surface area contributed by atoms with Gasteiger partial charge < -0.3 is 5.32 Å². The average molecular weight is 429 g/mol. The van der Waals surface area contributed by atoms with Gasteiger partial charge in [-0.2, -0.15) is 0 Å². The highest BCUT2D eigenvalue weighted by Gasteiger charge is 2.01. The second-order valence-corrected chi connectivity index (χ2v) is 7.33. The zero-order valence-corrected chi connectivity index (χ0v) is 13.5. The van der Waals surface area contributed by atoms with Gasteiger partial charge in [0.15, 0.2) is 0 Å². The normalized spacial score (nSPS) is 10.4. The highest BCUT2D eigenvalue weighted by molar-refractivity contribution is 14.1. The van der Waals surface area contributed by atoms with Gasteiger partial charge in [-0.1, -0.05) is 11.6 Å². The molecule has 1 heterocycles. The summed E-state index contributed by atoms with van der Waals surface area (Å²) in [5.41, 5.74) is 1.12. The lowest BCUT2D eigenvalue weighted by Crippen LogP contribution is -1.98. The van der Waals surface area contributed by atoms with Gasteiger partial charge in [-0.3, -0.25) is 0 Å². The van der Waals surface area contributed by atoms with E-state index >= 15 is 0 Å². The highest BCUT2D eigenvalue weighted by Crippen LogP contribution is 2.25. The van der Waals surface area contributed by atoms with Crippen molar-refractivity contribution in [3.8, 4) is 0 Å². The maximum atomic E-state index is 5.90. The first-order chi connectivity index (χ1) is 7.65. The predicted molar refractivity (Wildman–Crippen MR) is 83.5 cm³/mol. The van der Waals surface area contributed by atoms with Crippen molar-refractivity contribution < 1.29 is 0 Å². The second-order valence-electron chi connectivity index (χ2n) is 3.18. The number of benzene rings is 1. The molecule has 2 rings (SSSR count). The molecule has 2 aromatic rings. The average Bonchev–Trinajstić information content (AvgIpc) is 2.63. The van der Waals surface area contributed by atoms with Crippen LogP contribution in [0, 0.1) is 3.57 Å². The van der Waals surface area contributed by atoms with Crippen molar-refractivity contribution in [1.82, 2.24) is 0 Å². The Morgan fingerprint density at radius 2 is 2.12 bits per heavy atom. The fourth-order valence-corrected chi connectivity index (χ4v) is 3.75. The summed E-state index contributed by atoms with van der Waals surface area (Å²) in [6, 6.07) is 10.0. The molecule has 0 saturated heterocycles. The Morgan fingerprint density at radius 3 is 2.75 bits per heavy atom. The van der Waals surface area contributed by atoms with E-state index in [4.69, 9.17) is 11.6 Å². The van der Waals surface area contributed by atoms with E-state index < -0.39 is 0 Å². The van der Waals surface area contributed by atoms with Crippen LogP contribution in [0.2, 0.25) is 5.02 Å². The molecule has 0 fully saturated rings. The van der Waals surface area contributed by atoms with Gasteiger partial charge in [0.05, 0.1) is 3.79 Å². The Kier molecular flexibility index (Phi) is 4.52. The van der Waals surface area contributed by atoms with Crippen molar-refractivity contribution in [3.63, 3.8) is 0 Å². The standard InChI is InChI=1S/C11H8BrClINS/c12-11-4-2-8(16-11)6-15-10-3-1-7(13)5-9(10)14/h1-5,15H,6H2. The Hall–Kier alpha value is 0.220. The summed E-state index contributed by atoms with van der Waals surface area (Å²) in [5, 5.41) is 4.17. The molecule has 0 unspecified atom stereocenters. The van der Waals surface area contributed by atoms with Crippen LogP contribution in [0.15, 0.2) is 34.1 Å². The maximum absolute atomic E-state index is 5.90. The molecule has 1 aromatic carbocycles. The van der Waals surface area contributed by atoms with Crippen molar-refractivity contribution in [3.05, 3.63) is 47.6 Å². The lowest BCUT2D eigenvalue weighted by molar-refractivity contribution is 1.19. The Bertz CT molecular complexity index is 500. The van der Waals surface area contributed by atoms with E-state index in [1.165, 1.54) is 4.88 Å². The maximum Gasteiger partial charge on any atom is 0.0702 e. The number of thiophene rings is 1. The minimum Gasteiger partial charge on any atom is -0.379 e. The molecule has 0 radical (unpaired) electrons.